The van der Waals surface area contributed by atoms with Gasteiger partial charge in [-0.2, -0.15) is 0 Å². The second kappa shape index (κ2) is 5.62. The van der Waals surface area contributed by atoms with E-state index in [9.17, 15) is 19.5 Å². The standard InChI is InChI=1S/C10H16N2O5/c1-6(13)11-3-2-9(15)12-5-7(14)4-8(12)10(16)17/h7-8,14H,2-5H2,1H3,(H,11,13)(H,16,17)/t7-,8+/m1/s1. The summed E-state index contributed by atoms with van der Waals surface area (Å²) in [7, 11) is 0. The van der Waals surface area contributed by atoms with E-state index in [2.05, 4.69) is 5.32 Å². The van der Waals surface area contributed by atoms with E-state index < -0.39 is 18.1 Å². The SMILES string of the molecule is CC(=O)NCCC(=O)N1C[C@H](O)C[C@H]1C(=O)O. The lowest BCUT2D eigenvalue weighted by Crippen LogP contribution is -2.41. The summed E-state index contributed by atoms with van der Waals surface area (Å²) in [5.41, 5.74) is 0. The van der Waals surface area contributed by atoms with Gasteiger partial charge < -0.3 is 20.4 Å². The van der Waals surface area contributed by atoms with E-state index in [1.807, 2.05) is 0 Å². The van der Waals surface area contributed by atoms with Crippen molar-refractivity contribution < 1.29 is 24.6 Å². The molecule has 0 aromatic carbocycles. The number of likely N-dealkylation sites (tertiary alicyclic amines) is 1. The monoisotopic (exact) mass is 244 g/mol. The highest BCUT2D eigenvalue weighted by atomic mass is 16.4. The zero-order valence-corrected chi connectivity index (χ0v) is 9.55. The van der Waals surface area contributed by atoms with Gasteiger partial charge in [0.2, 0.25) is 11.8 Å². The number of aliphatic carboxylic acids is 1. The summed E-state index contributed by atoms with van der Waals surface area (Å²) in [4.78, 5) is 34.3. The van der Waals surface area contributed by atoms with Crippen LogP contribution in [-0.4, -0.2) is 58.1 Å². The first-order chi connectivity index (χ1) is 7.91. The number of β-amino-alcohol motifs (C(OH)–C–C–N with tert-alkyl or cyclic N) is 1. The van der Waals surface area contributed by atoms with Crippen molar-refractivity contribution in [3.63, 3.8) is 0 Å². The van der Waals surface area contributed by atoms with Gasteiger partial charge in [-0.25, -0.2) is 4.79 Å². The first-order valence-corrected chi connectivity index (χ1v) is 5.36. The van der Waals surface area contributed by atoms with Gasteiger partial charge in [0, 0.05) is 32.9 Å². The van der Waals surface area contributed by atoms with E-state index in [4.69, 9.17) is 5.11 Å². The lowest BCUT2D eigenvalue weighted by atomic mass is 10.2. The van der Waals surface area contributed by atoms with Crippen LogP contribution in [-0.2, 0) is 14.4 Å². The fourth-order valence-corrected chi connectivity index (χ4v) is 1.81. The molecule has 0 unspecified atom stereocenters. The van der Waals surface area contributed by atoms with Gasteiger partial charge in [-0.05, 0) is 0 Å². The van der Waals surface area contributed by atoms with Crippen LogP contribution in [0, 0.1) is 0 Å². The van der Waals surface area contributed by atoms with Gasteiger partial charge in [-0.3, -0.25) is 9.59 Å². The molecule has 96 valence electrons. The molecule has 1 aliphatic rings. The Morgan fingerprint density at radius 2 is 2.06 bits per heavy atom. The number of rotatable bonds is 4. The van der Waals surface area contributed by atoms with E-state index >= 15 is 0 Å². The van der Waals surface area contributed by atoms with E-state index in [-0.39, 0.29) is 37.7 Å². The van der Waals surface area contributed by atoms with E-state index in [0.29, 0.717) is 0 Å². The molecule has 0 spiro atoms. The third-order valence-corrected chi connectivity index (χ3v) is 2.60. The maximum Gasteiger partial charge on any atom is 0.326 e. The molecule has 1 fully saturated rings. The van der Waals surface area contributed by atoms with Crippen molar-refractivity contribution in [3.05, 3.63) is 0 Å². The predicted octanol–water partition coefficient (Wildman–Crippen LogP) is -1.44. The summed E-state index contributed by atoms with van der Waals surface area (Å²) in [6.07, 6.45) is -0.696. The fraction of sp³-hybridized carbons (Fsp3) is 0.700. The maximum absolute atomic E-state index is 11.7. The molecule has 17 heavy (non-hydrogen) atoms. The number of aliphatic hydroxyl groups excluding tert-OH is 1. The Morgan fingerprint density at radius 3 is 2.59 bits per heavy atom. The van der Waals surface area contributed by atoms with Crippen LogP contribution in [0.15, 0.2) is 0 Å². The average Bonchev–Trinajstić information content (AvgIpc) is 2.59. The molecule has 2 amide bonds. The molecule has 0 bridgehead atoms. The average molecular weight is 244 g/mol. The third-order valence-electron chi connectivity index (χ3n) is 2.60. The van der Waals surface area contributed by atoms with Crippen LogP contribution in [0.4, 0.5) is 0 Å². The quantitative estimate of drug-likeness (QED) is 0.561. The van der Waals surface area contributed by atoms with Crippen LogP contribution in [0.25, 0.3) is 0 Å². The molecule has 7 heteroatoms. The molecule has 0 aliphatic carbocycles. The van der Waals surface area contributed by atoms with Gasteiger partial charge in [0.05, 0.1) is 6.10 Å². The topological polar surface area (TPSA) is 107 Å². The molecule has 0 saturated carbocycles. The van der Waals surface area contributed by atoms with Crippen LogP contribution in [0.1, 0.15) is 19.8 Å². The zero-order chi connectivity index (χ0) is 13.0. The summed E-state index contributed by atoms with van der Waals surface area (Å²) >= 11 is 0. The van der Waals surface area contributed by atoms with Crippen molar-refractivity contribution >= 4 is 17.8 Å². The largest absolute Gasteiger partial charge is 0.480 e. The van der Waals surface area contributed by atoms with Gasteiger partial charge in [-0.15, -0.1) is 0 Å². The van der Waals surface area contributed by atoms with Crippen LogP contribution in [0.3, 0.4) is 0 Å². The molecule has 7 nitrogen and oxygen atoms in total. The summed E-state index contributed by atoms with van der Waals surface area (Å²) in [5.74, 6) is -1.73. The highest BCUT2D eigenvalue weighted by Crippen LogP contribution is 2.18. The van der Waals surface area contributed by atoms with Crippen LogP contribution < -0.4 is 5.32 Å². The van der Waals surface area contributed by atoms with Crippen molar-refractivity contribution in [1.29, 1.82) is 0 Å². The number of hydrogen-bond donors (Lipinski definition) is 3. The molecule has 2 atom stereocenters. The Hall–Kier alpha value is -1.63. The van der Waals surface area contributed by atoms with Crippen molar-refractivity contribution in [3.8, 4) is 0 Å². The Kier molecular flexibility index (Phi) is 4.45. The minimum absolute atomic E-state index is 0.0376. The van der Waals surface area contributed by atoms with Crippen molar-refractivity contribution in [2.45, 2.75) is 31.9 Å². The predicted molar refractivity (Wildman–Crippen MR) is 57.1 cm³/mol. The van der Waals surface area contributed by atoms with Crippen LogP contribution in [0.2, 0.25) is 0 Å². The van der Waals surface area contributed by atoms with Crippen molar-refractivity contribution in [2.24, 2.45) is 0 Å². The number of carboxylic acids is 1. The van der Waals surface area contributed by atoms with E-state index in [0.717, 1.165) is 4.90 Å². The summed E-state index contributed by atoms with van der Waals surface area (Å²) in [6, 6.07) is -0.963. The molecule has 0 aromatic rings. The lowest BCUT2D eigenvalue weighted by Gasteiger charge is -2.21. The van der Waals surface area contributed by atoms with Gasteiger partial charge in [-0.1, -0.05) is 0 Å². The molecule has 1 heterocycles. The third kappa shape index (κ3) is 3.70. The number of carboxylic acid groups (broad SMARTS) is 1. The molecule has 0 aromatic heterocycles. The highest BCUT2D eigenvalue weighted by molar-refractivity contribution is 5.85. The molecule has 1 saturated heterocycles. The number of hydrogen-bond acceptors (Lipinski definition) is 4. The highest BCUT2D eigenvalue weighted by Gasteiger charge is 2.38. The normalized spacial score (nSPS) is 23.5. The van der Waals surface area contributed by atoms with E-state index in [1.54, 1.807) is 0 Å². The first kappa shape index (κ1) is 13.4. The molecule has 0 radical (unpaired) electrons. The maximum atomic E-state index is 11.7. The second-order valence-corrected chi connectivity index (χ2v) is 4.02. The fourth-order valence-electron chi connectivity index (χ4n) is 1.81. The summed E-state index contributed by atoms with van der Waals surface area (Å²) in [6.45, 7) is 1.55. The minimum atomic E-state index is -1.12. The lowest BCUT2D eigenvalue weighted by molar-refractivity contribution is -0.148. The first-order valence-electron chi connectivity index (χ1n) is 5.36. The number of carbonyl (C=O) groups is 3. The number of carbonyl (C=O) groups excluding carboxylic acids is 2. The molecule has 3 N–H and O–H groups in total. The minimum Gasteiger partial charge on any atom is -0.480 e. The van der Waals surface area contributed by atoms with Crippen molar-refractivity contribution in [1.82, 2.24) is 10.2 Å². The second-order valence-electron chi connectivity index (χ2n) is 4.02. The Labute approximate surface area is 98.4 Å². The smallest absolute Gasteiger partial charge is 0.326 e. The number of nitrogens with one attached hydrogen (secondary N) is 1. The van der Waals surface area contributed by atoms with Crippen LogP contribution >= 0.6 is 0 Å². The van der Waals surface area contributed by atoms with Crippen LogP contribution in [0.5, 0.6) is 0 Å². The van der Waals surface area contributed by atoms with Gasteiger partial charge in [0.1, 0.15) is 6.04 Å². The van der Waals surface area contributed by atoms with Gasteiger partial charge >= 0.3 is 5.97 Å². The van der Waals surface area contributed by atoms with E-state index in [1.165, 1.54) is 6.92 Å². The molecule has 1 rings (SSSR count). The Balaban J connectivity index is 2.49. The summed E-state index contributed by atoms with van der Waals surface area (Å²) in [5, 5.41) is 20.7. The van der Waals surface area contributed by atoms with Gasteiger partial charge in [0.25, 0.3) is 0 Å². The number of aliphatic hydroxyl groups is 1. The molecular formula is C10H16N2O5. The van der Waals surface area contributed by atoms with Gasteiger partial charge in [0.15, 0.2) is 0 Å². The summed E-state index contributed by atoms with van der Waals surface area (Å²) < 4.78 is 0. The number of amides is 2. The van der Waals surface area contributed by atoms with Crippen molar-refractivity contribution in [2.75, 3.05) is 13.1 Å². The Bertz CT molecular complexity index is 331. The number of nitrogens with zero attached hydrogens (tertiary/aromatic N) is 1. The molecule has 1 aliphatic heterocycles. The Morgan fingerprint density at radius 1 is 1.41 bits per heavy atom. The zero-order valence-electron chi connectivity index (χ0n) is 9.55. The molecular weight excluding hydrogens is 228 g/mol.